The first-order valence-corrected chi connectivity index (χ1v) is 9.23. The topological polar surface area (TPSA) is 64.7 Å². The van der Waals surface area contributed by atoms with Crippen molar-refractivity contribution in [3.8, 4) is 0 Å². The fourth-order valence-electron chi connectivity index (χ4n) is 4.34. The number of piperidine rings is 2. The number of likely N-dealkylation sites (tertiary alicyclic amines) is 2. The number of benzene rings is 1. The average molecular weight is 342 g/mol. The van der Waals surface area contributed by atoms with Crippen LogP contribution in [0.3, 0.4) is 0 Å². The molecule has 0 radical (unpaired) electrons. The van der Waals surface area contributed by atoms with E-state index in [2.05, 4.69) is 22.6 Å². The maximum absolute atomic E-state index is 12.8. The van der Waals surface area contributed by atoms with E-state index in [4.69, 9.17) is 0 Å². The lowest BCUT2D eigenvalue weighted by molar-refractivity contribution is -0.140. The minimum Gasteiger partial charge on any atom is -0.369 e. The van der Waals surface area contributed by atoms with E-state index in [0.717, 1.165) is 37.3 Å². The number of anilines is 2. The number of carbonyl (C=O) groups is 2. The number of nitrogens with one attached hydrogen (secondary N) is 2. The van der Waals surface area contributed by atoms with Gasteiger partial charge >= 0.3 is 0 Å². The molecular formula is C19H26N4O2. The highest BCUT2D eigenvalue weighted by atomic mass is 16.2. The molecule has 3 aliphatic heterocycles. The Morgan fingerprint density at radius 1 is 1.16 bits per heavy atom. The monoisotopic (exact) mass is 342 g/mol. The molecule has 0 bridgehead atoms. The molecule has 2 fully saturated rings. The van der Waals surface area contributed by atoms with Crippen molar-refractivity contribution >= 4 is 23.2 Å². The van der Waals surface area contributed by atoms with Crippen molar-refractivity contribution in [3.05, 3.63) is 24.3 Å². The standard InChI is InChI=1S/C19H26N4O2/c1-22-10-4-5-14(13-22)17(24)23-11-8-19(9-12-23)18(25)20-15-6-2-3-7-16(15)21-19/h2-3,6-7,14,21H,4-5,8-13H2,1H3,(H,20,25)/t14-/m0/s1. The number of hydrogen-bond donors (Lipinski definition) is 2. The highest BCUT2D eigenvalue weighted by molar-refractivity contribution is 6.06. The van der Waals surface area contributed by atoms with Crippen LogP contribution in [0, 0.1) is 5.92 Å². The Morgan fingerprint density at radius 3 is 2.60 bits per heavy atom. The molecule has 1 spiro atoms. The molecule has 0 aromatic heterocycles. The highest BCUT2D eigenvalue weighted by Gasteiger charge is 2.45. The third kappa shape index (κ3) is 2.99. The van der Waals surface area contributed by atoms with Gasteiger partial charge in [-0.2, -0.15) is 0 Å². The molecule has 0 unspecified atom stereocenters. The zero-order valence-electron chi connectivity index (χ0n) is 14.8. The van der Waals surface area contributed by atoms with Crippen molar-refractivity contribution in [1.82, 2.24) is 9.80 Å². The van der Waals surface area contributed by atoms with E-state index in [1.54, 1.807) is 0 Å². The summed E-state index contributed by atoms with van der Waals surface area (Å²) in [5.74, 6) is 0.399. The summed E-state index contributed by atoms with van der Waals surface area (Å²) < 4.78 is 0. The molecule has 2 saturated heterocycles. The first-order chi connectivity index (χ1) is 12.1. The Balaban J connectivity index is 1.43. The molecule has 1 aromatic rings. The summed E-state index contributed by atoms with van der Waals surface area (Å²) in [7, 11) is 2.08. The Bertz CT molecular complexity index is 682. The van der Waals surface area contributed by atoms with Crippen molar-refractivity contribution in [2.75, 3.05) is 43.9 Å². The SMILES string of the molecule is CN1CCC[C@H](C(=O)N2CCC3(CC2)Nc2ccccc2NC3=O)C1. The van der Waals surface area contributed by atoms with Gasteiger partial charge in [0.25, 0.3) is 0 Å². The van der Waals surface area contributed by atoms with E-state index in [1.165, 1.54) is 0 Å². The molecule has 134 valence electrons. The van der Waals surface area contributed by atoms with E-state index in [9.17, 15) is 9.59 Å². The maximum Gasteiger partial charge on any atom is 0.250 e. The number of para-hydroxylation sites is 2. The summed E-state index contributed by atoms with van der Waals surface area (Å²) >= 11 is 0. The summed E-state index contributed by atoms with van der Waals surface area (Å²) in [6.45, 7) is 3.21. The predicted molar refractivity (Wildman–Crippen MR) is 97.5 cm³/mol. The van der Waals surface area contributed by atoms with Gasteiger partial charge in [-0.25, -0.2) is 0 Å². The van der Waals surface area contributed by atoms with Gasteiger partial charge in [-0.3, -0.25) is 9.59 Å². The number of hydrogen-bond acceptors (Lipinski definition) is 4. The molecule has 6 heteroatoms. The molecule has 1 aromatic carbocycles. The molecule has 1 atom stereocenters. The molecule has 0 saturated carbocycles. The van der Waals surface area contributed by atoms with Crippen molar-refractivity contribution in [1.29, 1.82) is 0 Å². The van der Waals surface area contributed by atoms with Crippen LogP contribution in [0.2, 0.25) is 0 Å². The van der Waals surface area contributed by atoms with Gasteiger partial charge < -0.3 is 20.4 Å². The third-order valence-corrected chi connectivity index (χ3v) is 5.89. The van der Waals surface area contributed by atoms with Crippen LogP contribution in [0.1, 0.15) is 25.7 Å². The second kappa shape index (κ2) is 6.33. The minimum absolute atomic E-state index is 0.0238. The summed E-state index contributed by atoms with van der Waals surface area (Å²) in [4.78, 5) is 29.7. The number of fused-ring (bicyclic) bond motifs is 1. The van der Waals surface area contributed by atoms with Gasteiger partial charge in [-0.15, -0.1) is 0 Å². The molecule has 2 N–H and O–H groups in total. The van der Waals surface area contributed by atoms with Crippen LogP contribution in [0.25, 0.3) is 0 Å². The molecule has 3 aliphatic rings. The summed E-state index contributed by atoms with van der Waals surface area (Å²) in [6.07, 6.45) is 3.38. The molecular weight excluding hydrogens is 316 g/mol. The average Bonchev–Trinajstić information content (AvgIpc) is 2.63. The number of carbonyl (C=O) groups excluding carboxylic acids is 2. The minimum atomic E-state index is -0.589. The number of nitrogens with zero attached hydrogens (tertiary/aromatic N) is 2. The third-order valence-electron chi connectivity index (χ3n) is 5.89. The van der Waals surface area contributed by atoms with Crippen LogP contribution in [-0.4, -0.2) is 60.4 Å². The van der Waals surface area contributed by atoms with Gasteiger partial charge in [0.1, 0.15) is 5.54 Å². The zero-order valence-corrected chi connectivity index (χ0v) is 14.8. The van der Waals surface area contributed by atoms with Crippen molar-refractivity contribution in [3.63, 3.8) is 0 Å². The van der Waals surface area contributed by atoms with Crippen molar-refractivity contribution in [2.45, 2.75) is 31.2 Å². The Morgan fingerprint density at radius 2 is 1.88 bits per heavy atom. The molecule has 6 nitrogen and oxygen atoms in total. The van der Waals surface area contributed by atoms with Gasteiger partial charge in [-0.1, -0.05) is 12.1 Å². The fourth-order valence-corrected chi connectivity index (χ4v) is 4.34. The van der Waals surface area contributed by atoms with E-state index < -0.39 is 5.54 Å². The number of rotatable bonds is 1. The lowest BCUT2D eigenvalue weighted by Crippen LogP contribution is -2.59. The quantitative estimate of drug-likeness (QED) is 0.816. The van der Waals surface area contributed by atoms with E-state index in [0.29, 0.717) is 25.9 Å². The maximum atomic E-state index is 12.8. The number of amides is 2. The van der Waals surface area contributed by atoms with E-state index >= 15 is 0 Å². The van der Waals surface area contributed by atoms with Crippen LogP contribution >= 0.6 is 0 Å². The molecule has 4 rings (SSSR count). The molecule has 3 heterocycles. The smallest absolute Gasteiger partial charge is 0.250 e. The molecule has 2 amide bonds. The van der Waals surface area contributed by atoms with E-state index in [-0.39, 0.29) is 17.7 Å². The van der Waals surface area contributed by atoms with Crippen LogP contribution in [0.4, 0.5) is 11.4 Å². The predicted octanol–water partition coefficient (Wildman–Crippen LogP) is 1.75. The Hall–Kier alpha value is -2.08. The van der Waals surface area contributed by atoms with Gasteiger partial charge in [-0.05, 0) is 51.4 Å². The first kappa shape index (κ1) is 16.4. The van der Waals surface area contributed by atoms with Gasteiger partial charge in [0.15, 0.2) is 0 Å². The molecule has 25 heavy (non-hydrogen) atoms. The van der Waals surface area contributed by atoms with Crippen LogP contribution in [0.15, 0.2) is 24.3 Å². The van der Waals surface area contributed by atoms with Crippen LogP contribution in [0.5, 0.6) is 0 Å². The first-order valence-electron chi connectivity index (χ1n) is 9.23. The van der Waals surface area contributed by atoms with Gasteiger partial charge in [0.05, 0.1) is 17.3 Å². The summed E-state index contributed by atoms with van der Waals surface area (Å²) in [6, 6.07) is 7.79. The normalized spacial score (nSPS) is 25.9. The highest BCUT2D eigenvalue weighted by Crippen LogP contribution is 2.36. The zero-order chi connectivity index (χ0) is 17.4. The molecule has 0 aliphatic carbocycles. The van der Waals surface area contributed by atoms with Crippen LogP contribution in [-0.2, 0) is 9.59 Å². The van der Waals surface area contributed by atoms with E-state index in [1.807, 2.05) is 29.2 Å². The van der Waals surface area contributed by atoms with Gasteiger partial charge in [0, 0.05) is 19.6 Å². The lowest BCUT2D eigenvalue weighted by Gasteiger charge is -2.45. The van der Waals surface area contributed by atoms with Gasteiger partial charge in [0.2, 0.25) is 11.8 Å². The second-order valence-corrected chi connectivity index (χ2v) is 7.63. The summed E-state index contributed by atoms with van der Waals surface area (Å²) in [5, 5.41) is 6.47. The second-order valence-electron chi connectivity index (χ2n) is 7.63. The lowest BCUT2D eigenvalue weighted by atomic mass is 9.83. The fraction of sp³-hybridized carbons (Fsp3) is 0.579. The largest absolute Gasteiger partial charge is 0.369 e. The Labute approximate surface area is 148 Å². The van der Waals surface area contributed by atoms with Crippen molar-refractivity contribution < 1.29 is 9.59 Å². The Kier molecular flexibility index (Phi) is 4.15. The van der Waals surface area contributed by atoms with Crippen LogP contribution < -0.4 is 10.6 Å². The summed E-state index contributed by atoms with van der Waals surface area (Å²) in [5.41, 5.74) is 1.21. The van der Waals surface area contributed by atoms with Crippen molar-refractivity contribution in [2.24, 2.45) is 5.92 Å².